The second kappa shape index (κ2) is 4.51. The Bertz CT molecular complexity index is 292. The third kappa shape index (κ3) is 2.48. The van der Waals surface area contributed by atoms with E-state index in [9.17, 15) is 0 Å². The first-order valence-corrected chi connectivity index (χ1v) is 4.28. The first-order chi connectivity index (χ1) is 6.27. The molecule has 0 fully saturated rings. The molecule has 1 atom stereocenters. The van der Waals surface area contributed by atoms with Crippen molar-refractivity contribution in [2.75, 3.05) is 0 Å². The smallest absolute Gasteiger partial charge is 0.127 e. The van der Waals surface area contributed by atoms with Crippen molar-refractivity contribution in [3.63, 3.8) is 0 Å². The van der Waals surface area contributed by atoms with Crippen LogP contribution in [0.3, 0.4) is 0 Å². The van der Waals surface area contributed by atoms with Gasteiger partial charge in [-0.3, -0.25) is 0 Å². The van der Waals surface area contributed by atoms with E-state index >= 15 is 0 Å². The van der Waals surface area contributed by atoms with Crippen LogP contribution in [0.2, 0.25) is 0 Å². The summed E-state index contributed by atoms with van der Waals surface area (Å²) in [5, 5.41) is 0. The highest BCUT2D eigenvalue weighted by Crippen LogP contribution is 2.21. The molecule has 1 aliphatic heterocycles. The molecule has 0 N–H and O–H groups in total. The summed E-state index contributed by atoms with van der Waals surface area (Å²) in [6.45, 7) is 9.29. The minimum Gasteiger partial charge on any atom is -0.486 e. The van der Waals surface area contributed by atoms with Gasteiger partial charge in [0.1, 0.15) is 11.9 Å². The van der Waals surface area contributed by atoms with Crippen molar-refractivity contribution in [3.05, 3.63) is 60.9 Å². The van der Waals surface area contributed by atoms with Crippen molar-refractivity contribution < 1.29 is 4.74 Å². The largest absolute Gasteiger partial charge is 0.486 e. The van der Waals surface area contributed by atoms with Crippen LogP contribution < -0.4 is 0 Å². The molecule has 1 unspecified atom stereocenters. The first kappa shape index (κ1) is 9.59. The fourth-order valence-corrected chi connectivity index (χ4v) is 1.14. The van der Waals surface area contributed by atoms with Crippen molar-refractivity contribution in [2.24, 2.45) is 0 Å². The van der Waals surface area contributed by atoms with Crippen molar-refractivity contribution in [1.82, 2.24) is 0 Å². The highest BCUT2D eigenvalue weighted by molar-refractivity contribution is 5.42. The van der Waals surface area contributed by atoms with Crippen LogP contribution in [0.4, 0.5) is 0 Å². The molecule has 0 amide bonds. The molecular weight excluding hydrogens is 160 g/mol. The third-order valence-electron chi connectivity index (χ3n) is 1.71. The highest BCUT2D eigenvalue weighted by Gasteiger charge is 2.10. The summed E-state index contributed by atoms with van der Waals surface area (Å²) < 4.78 is 5.58. The summed E-state index contributed by atoms with van der Waals surface area (Å²) in [4.78, 5) is 0. The van der Waals surface area contributed by atoms with Crippen LogP contribution in [0.15, 0.2) is 60.9 Å². The maximum atomic E-state index is 5.58. The topological polar surface area (TPSA) is 9.23 Å². The lowest BCUT2D eigenvalue weighted by Gasteiger charge is -2.19. The van der Waals surface area contributed by atoms with E-state index in [4.69, 9.17) is 4.74 Å². The molecule has 0 saturated carbocycles. The zero-order chi connectivity index (χ0) is 9.68. The molecule has 1 heteroatoms. The Morgan fingerprint density at radius 1 is 1.31 bits per heavy atom. The Hall–Kier alpha value is -1.50. The Labute approximate surface area is 79.4 Å². The molecule has 0 radical (unpaired) electrons. The van der Waals surface area contributed by atoms with E-state index in [0.717, 1.165) is 11.3 Å². The zero-order valence-electron chi connectivity index (χ0n) is 7.86. The number of hydrogen-bond donors (Lipinski definition) is 0. The van der Waals surface area contributed by atoms with E-state index in [-0.39, 0.29) is 6.10 Å². The number of hydrogen-bond acceptors (Lipinski definition) is 1. The van der Waals surface area contributed by atoms with Gasteiger partial charge in [0.05, 0.1) is 0 Å². The summed E-state index contributed by atoms with van der Waals surface area (Å²) in [7, 11) is 0. The molecule has 1 heterocycles. The van der Waals surface area contributed by atoms with Crippen LogP contribution in [-0.4, -0.2) is 6.10 Å². The molecule has 1 aliphatic rings. The molecule has 0 spiro atoms. The minimum absolute atomic E-state index is 0.133. The van der Waals surface area contributed by atoms with Gasteiger partial charge in [0.15, 0.2) is 0 Å². The van der Waals surface area contributed by atoms with Gasteiger partial charge in [0.2, 0.25) is 0 Å². The van der Waals surface area contributed by atoms with Gasteiger partial charge in [0, 0.05) is 5.57 Å². The van der Waals surface area contributed by atoms with Crippen molar-refractivity contribution in [2.45, 2.75) is 13.0 Å². The lowest BCUT2D eigenvalue weighted by molar-refractivity contribution is 0.172. The van der Waals surface area contributed by atoms with Gasteiger partial charge >= 0.3 is 0 Å². The van der Waals surface area contributed by atoms with Crippen LogP contribution in [0.5, 0.6) is 0 Å². The average Bonchev–Trinajstić information content (AvgIpc) is 2.10. The van der Waals surface area contributed by atoms with Crippen molar-refractivity contribution in [3.8, 4) is 0 Å². The summed E-state index contributed by atoms with van der Waals surface area (Å²) in [6, 6.07) is 0. The molecule has 1 rings (SSSR count). The maximum absolute atomic E-state index is 5.58. The maximum Gasteiger partial charge on any atom is 0.127 e. The van der Waals surface area contributed by atoms with Crippen LogP contribution in [0, 0.1) is 0 Å². The number of ether oxygens (including phenoxy) is 1. The van der Waals surface area contributed by atoms with Crippen molar-refractivity contribution >= 4 is 0 Å². The average molecular weight is 174 g/mol. The van der Waals surface area contributed by atoms with Gasteiger partial charge < -0.3 is 4.74 Å². The fourth-order valence-electron chi connectivity index (χ4n) is 1.14. The highest BCUT2D eigenvalue weighted by atomic mass is 16.5. The molecule has 0 aromatic rings. The standard InChI is InChI=1S/C12H14O/c1-4-6-11-9-8-10(3)13-12(11)7-5-2/h4-10H,1-2H2,3H3/b11-6-,12-7+. The molecule has 0 bridgehead atoms. The van der Waals surface area contributed by atoms with Crippen LogP contribution >= 0.6 is 0 Å². The van der Waals surface area contributed by atoms with E-state index in [1.165, 1.54) is 0 Å². The molecule has 1 nitrogen and oxygen atoms in total. The molecule has 0 aliphatic carbocycles. The molecule has 0 saturated heterocycles. The Kier molecular flexibility index (Phi) is 3.32. The van der Waals surface area contributed by atoms with Gasteiger partial charge in [-0.15, -0.1) is 0 Å². The van der Waals surface area contributed by atoms with Crippen molar-refractivity contribution in [1.29, 1.82) is 0 Å². The Balaban J connectivity index is 2.98. The van der Waals surface area contributed by atoms with Crippen LogP contribution in [0.1, 0.15) is 6.92 Å². The SMILES string of the molecule is C=C/C=C1/C=CC(C)O/C1=C/C=C. The monoisotopic (exact) mass is 174 g/mol. The van der Waals surface area contributed by atoms with E-state index < -0.39 is 0 Å². The summed E-state index contributed by atoms with van der Waals surface area (Å²) in [5.74, 6) is 0.852. The predicted molar refractivity (Wildman–Crippen MR) is 56.2 cm³/mol. The molecular formula is C12H14O. The summed E-state index contributed by atoms with van der Waals surface area (Å²) in [6.07, 6.45) is 11.4. The summed E-state index contributed by atoms with van der Waals surface area (Å²) in [5.41, 5.74) is 1.04. The van der Waals surface area contributed by atoms with Gasteiger partial charge in [-0.1, -0.05) is 37.5 Å². The predicted octanol–water partition coefficient (Wildman–Crippen LogP) is 3.14. The van der Waals surface area contributed by atoms with Gasteiger partial charge in [-0.05, 0) is 19.1 Å². The normalized spacial score (nSPS) is 27.3. The van der Waals surface area contributed by atoms with Gasteiger partial charge in [0.25, 0.3) is 0 Å². The molecule has 13 heavy (non-hydrogen) atoms. The quantitative estimate of drug-likeness (QED) is 0.625. The molecule has 68 valence electrons. The number of rotatable bonds is 2. The van der Waals surface area contributed by atoms with Crippen LogP contribution in [0.25, 0.3) is 0 Å². The third-order valence-corrected chi connectivity index (χ3v) is 1.71. The second-order valence-electron chi connectivity index (χ2n) is 2.81. The fraction of sp³-hybridized carbons (Fsp3) is 0.167. The van der Waals surface area contributed by atoms with Gasteiger partial charge in [-0.2, -0.15) is 0 Å². The van der Waals surface area contributed by atoms with E-state index in [2.05, 4.69) is 13.2 Å². The Morgan fingerprint density at radius 2 is 2.00 bits per heavy atom. The lowest BCUT2D eigenvalue weighted by atomic mass is 10.1. The first-order valence-electron chi connectivity index (χ1n) is 4.28. The minimum atomic E-state index is 0.133. The van der Waals surface area contributed by atoms with Crippen LogP contribution in [-0.2, 0) is 4.74 Å². The van der Waals surface area contributed by atoms with Gasteiger partial charge in [-0.25, -0.2) is 0 Å². The Morgan fingerprint density at radius 3 is 2.62 bits per heavy atom. The van der Waals surface area contributed by atoms with E-state index in [1.807, 2.05) is 31.2 Å². The molecule has 0 aromatic carbocycles. The van der Waals surface area contributed by atoms with E-state index in [0.29, 0.717) is 0 Å². The summed E-state index contributed by atoms with van der Waals surface area (Å²) >= 11 is 0. The lowest BCUT2D eigenvalue weighted by Crippen LogP contribution is -2.10. The molecule has 0 aromatic heterocycles. The zero-order valence-corrected chi connectivity index (χ0v) is 7.86. The number of allylic oxidation sites excluding steroid dienone is 5. The second-order valence-corrected chi connectivity index (χ2v) is 2.81. The van der Waals surface area contributed by atoms with E-state index in [1.54, 1.807) is 12.2 Å².